The Kier molecular flexibility index (Phi) is 6.42. The largest absolute Gasteiger partial charge is 0.466 e. The fourth-order valence-electron chi connectivity index (χ4n) is 1.54. The molecule has 1 amide bonds. The second-order valence-electron chi connectivity index (χ2n) is 4.09. The van der Waals surface area contributed by atoms with Crippen molar-refractivity contribution in [3.8, 4) is 0 Å². The van der Waals surface area contributed by atoms with Crippen LogP contribution in [0, 0.1) is 0 Å². The standard InChI is InChI=1S/C13H19N3O4/c1-3-9-16-11(17)6-5-10(15-16)13(19)14-8-7-12(18)20-4-2/h5-6H,3-4,7-9H2,1-2H3,(H,14,19). The van der Waals surface area contributed by atoms with Gasteiger partial charge in [0.05, 0.1) is 13.0 Å². The Hall–Kier alpha value is -2.18. The lowest BCUT2D eigenvalue weighted by Crippen LogP contribution is -2.31. The normalized spacial score (nSPS) is 10.1. The van der Waals surface area contributed by atoms with Crippen molar-refractivity contribution in [3.63, 3.8) is 0 Å². The summed E-state index contributed by atoms with van der Waals surface area (Å²) in [4.78, 5) is 34.4. The molecule has 0 saturated heterocycles. The third-order valence-corrected chi connectivity index (χ3v) is 2.45. The van der Waals surface area contributed by atoms with Gasteiger partial charge >= 0.3 is 5.97 Å². The van der Waals surface area contributed by atoms with E-state index in [1.54, 1.807) is 6.92 Å². The molecule has 0 aliphatic carbocycles. The van der Waals surface area contributed by atoms with Gasteiger partial charge in [-0.1, -0.05) is 6.92 Å². The molecule has 20 heavy (non-hydrogen) atoms. The first-order valence-electron chi connectivity index (χ1n) is 6.60. The minimum absolute atomic E-state index is 0.105. The molecule has 1 aromatic heterocycles. The molecule has 0 aliphatic rings. The van der Waals surface area contributed by atoms with Gasteiger partial charge in [0.2, 0.25) is 0 Å². The molecule has 0 bridgehead atoms. The molecule has 7 nitrogen and oxygen atoms in total. The fraction of sp³-hybridized carbons (Fsp3) is 0.538. The first-order valence-corrected chi connectivity index (χ1v) is 6.60. The predicted molar refractivity (Wildman–Crippen MR) is 72.4 cm³/mol. The lowest BCUT2D eigenvalue weighted by Gasteiger charge is -2.07. The van der Waals surface area contributed by atoms with E-state index in [1.807, 2.05) is 6.92 Å². The lowest BCUT2D eigenvalue weighted by atomic mass is 10.3. The highest BCUT2D eigenvalue weighted by Crippen LogP contribution is 1.93. The Morgan fingerprint density at radius 3 is 2.75 bits per heavy atom. The van der Waals surface area contributed by atoms with Crippen LogP contribution in [-0.2, 0) is 16.1 Å². The third kappa shape index (κ3) is 4.83. The molecular weight excluding hydrogens is 262 g/mol. The van der Waals surface area contributed by atoms with Crippen molar-refractivity contribution in [2.45, 2.75) is 33.2 Å². The molecular formula is C13H19N3O4. The number of nitrogens with one attached hydrogen (secondary N) is 1. The number of hydrogen-bond acceptors (Lipinski definition) is 5. The molecule has 7 heteroatoms. The maximum atomic E-state index is 11.8. The van der Waals surface area contributed by atoms with Gasteiger partial charge in [0.1, 0.15) is 5.69 Å². The number of esters is 1. The second-order valence-corrected chi connectivity index (χ2v) is 4.09. The minimum atomic E-state index is -0.417. The molecule has 110 valence electrons. The molecule has 0 aliphatic heterocycles. The summed E-state index contributed by atoms with van der Waals surface area (Å²) in [7, 11) is 0. The average molecular weight is 281 g/mol. The van der Waals surface area contributed by atoms with Gasteiger partial charge < -0.3 is 10.1 Å². The predicted octanol–water partition coefficient (Wildman–Crippen LogP) is 0.336. The first-order chi connectivity index (χ1) is 9.58. The zero-order chi connectivity index (χ0) is 15.0. The maximum Gasteiger partial charge on any atom is 0.307 e. The molecule has 0 saturated carbocycles. The number of aromatic nitrogens is 2. The van der Waals surface area contributed by atoms with E-state index >= 15 is 0 Å². The van der Waals surface area contributed by atoms with E-state index in [-0.39, 0.29) is 30.2 Å². The zero-order valence-electron chi connectivity index (χ0n) is 11.7. The molecule has 0 radical (unpaired) electrons. The number of aryl methyl sites for hydroxylation is 1. The summed E-state index contributed by atoms with van der Waals surface area (Å²) in [6.45, 7) is 4.59. The summed E-state index contributed by atoms with van der Waals surface area (Å²) in [5, 5.41) is 6.53. The summed E-state index contributed by atoms with van der Waals surface area (Å²) in [5.74, 6) is -0.782. The van der Waals surface area contributed by atoms with Crippen LogP contribution < -0.4 is 10.9 Å². The summed E-state index contributed by atoms with van der Waals surface area (Å²) < 4.78 is 6.00. The smallest absolute Gasteiger partial charge is 0.307 e. The first kappa shape index (κ1) is 15.9. The zero-order valence-corrected chi connectivity index (χ0v) is 11.7. The van der Waals surface area contributed by atoms with E-state index < -0.39 is 5.91 Å². The lowest BCUT2D eigenvalue weighted by molar-refractivity contribution is -0.142. The van der Waals surface area contributed by atoms with Gasteiger partial charge in [0, 0.05) is 19.2 Å². The van der Waals surface area contributed by atoms with Crippen molar-refractivity contribution in [1.29, 1.82) is 0 Å². The Bertz CT molecular complexity index is 525. The summed E-state index contributed by atoms with van der Waals surface area (Å²) in [5.41, 5.74) is -0.0863. The second kappa shape index (κ2) is 8.08. The van der Waals surface area contributed by atoms with Gasteiger partial charge in [0.15, 0.2) is 0 Å². The quantitative estimate of drug-likeness (QED) is 0.728. The van der Waals surface area contributed by atoms with Crippen LogP contribution in [0.3, 0.4) is 0 Å². The van der Waals surface area contributed by atoms with Crippen LogP contribution in [0.15, 0.2) is 16.9 Å². The van der Waals surface area contributed by atoms with Crippen molar-refractivity contribution >= 4 is 11.9 Å². The van der Waals surface area contributed by atoms with Crippen LogP contribution in [0.1, 0.15) is 37.2 Å². The Morgan fingerprint density at radius 2 is 2.10 bits per heavy atom. The number of hydrogen-bond donors (Lipinski definition) is 1. The molecule has 1 aromatic rings. The minimum Gasteiger partial charge on any atom is -0.466 e. The maximum absolute atomic E-state index is 11.8. The highest BCUT2D eigenvalue weighted by atomic mass is 16.5. The molecule has 0 fully saturated rings. The number of carbonyl (C=O) groups is 2. The van der Waals surface area contributed by atoms with Gasteiger partial charge in [0.25, 0.3) is 11.5 Å². The van der Waals surface area contributed by atoms with Crippen LogP contribution in [0.2, 0.25) is 0 Å². The van der Waals surface area contributed by atoms with Gasteiger partial charge in [-0.25, -0.2) is 4.68 Å². The molecule has 1 rings (SSSR count). The van der Waals surface area contributed by atoms with Crippen molar-refractivity contribution in [2.75, 3.05) is 13.2 Å². The molecule has 0 unspecified atom stereocenters. The van der Waals surface area contributed by atoms with Crippen molar-refractivity contribution in [1.82, 2.24) is 15.1 Å². The number of ether oxygens (including phenoxy) is 1. The SMILES string of the molecule is CCCn1nc(C(=O)NCCC(=O)OCC)ccc1=O. The van der Waals surface area contributed by atoms with E-state index in [0.29, 0.717) is 13.2 Å². The highest BCUT2D eigenvalue weighted by Gasteiger charge is 2.10. The highest BCUT2D eigenvalue weighted by molar-refractivity contribution is 5.92. The van der Waals surface area contributed by atoms with E-state index in [4.69, 9.17) is 4.74 Å². The van der Waals surface area contributed by atoms with Gasteiger partial charge in [-0.05, 0) is 19.4 Å². The topological polar surface area (TPSA) is 90.3 Å². The molecule has 0 atom stereocenters. The van der Waals surface area contributed by atoms with Crippen molar-refractivity contribution in [2.24, 2.45) is 0 Å². The number of amides is 1. The van der Waals surface area contributed by atoms with E-state index in [0.717, 1.165) is 6.42 Å². The average Bonchev–Trinajstić information content (AvgIpc) is 2.41. The van der Waals surface area contributed by atoms with Crippen molar-refractivity contribution < 1.29 is 14.3 Å². The Balaban J connectivity index is 2.57. The molecule has 1 heterocycles. The van der Waals surface area contributed by atoms with Crippen LogP contribution in [0.25, 0.3) is 0 Å². The summed E-state index contributed by atoms with van der Waals surface area (Å²) in [6.07, 6.45) is 0.856. The molecule has 0 aromatic carbocycles. The van der Waals surface area contributed by atoms with Crippen LogP contribution in [0.5, 0.6) is 0 Å². The Labute approximate surface area is 116 Å². The third-order valence-electron chi connectivity index (χ3n) is 2.45. The van der Waals surface area contributed by atoms with Crippen LogP contribution in [0.4, 0.5) is 0 Å². The van der Waals surface area contributed by atoms with Crippen LogP contribution >= 0.6 is 0 Å². The summed E-state index contributed by atoms with van der Waals surface area (Å²) in [6, 6.07) is 2.68. The number of rotatable bonds is 7. The van der Waals surface area contributed by atoms with E-state index in [1.165, 1.54) is 16.8 Å². The Morgan fingerprint density at radius 1 is 1.35 bits per heavy atom. The van der Waals surface area contributed by atoms with Crippen molar-refractivity contribution in [3.05, 3.63) is 28.2 Å². The number of nitrogens with zero attached hydrogens (tertiary/aromatic N) is 2. The van der Waals surface area contributed by atoms with Gasteiger partial charge in [-0.3, -0.25) is 14.4 Å². The molecule has 1 N–H and O–H groups in total. The van der Waals surface area contributed by atoms with E-state index in [2.05, 4.69) is 10.4 Å². The van der Waals surface area contributed by atoms with Gasteiger partial charge in [-0.15, -0.1) is 0 Å². The summed E-state index contributed by atoms with van der Waals surface area (Å²) >= 11 is 0. The molecule has 0 spiro atoms. The van der Waals surface area contributed by atoms with Gasteiger partial charge in [-0.2, -0.15) is 5.10 Å². The number of carbonyl (C=O) groups excluding carboxylic acids is 2. The fourth-order valence-corrected chi connectivity index (χ4v) is 1.54. The van der Waals surface area contributed by atoms with Crippen LogP contribution in [-0.4, -0.2) is 34.8 Å². The van der Waals surface area contributed by atoms with E-state index in [9.17, 15) is 14.4 Å². The monoisotopic (exact) mass is 281 g/mol.